The van der Waals surface area contributed by atoms with Crippen molar-refractivity contribution in [1.29, 1.82) is 0 Å². The first-order valence-electron chi connectivity index (χ1n) is 10.5. The lowest BCUT2D eigenvalue weighted by Gasteiger charge is -2.14. The smallest absolute Gasteiger partial charge is 0.259 e. The zero-order valence-electron chi connectivity index (χ0n) is 18.1. The van der Waals surface area contributed by atoms with Gasteiger partial charge in [-0.15, -0.1) is 10.2 Å². The molecular formula is C25H21FN4O2S. The van der Waals surface area contributed by atoms with Gasteiger partial charge in [0.25, 0.3) is 5.91 Å². The lowest BCUT2D eigenvalue weighted by molar-refractivity contribution is 0.102. The summed E-state index contributed by atoms with van der Waals surface area (Å²) in [5, 5.41) is 12.6. The summed E-state index contributed by atoms with van der Waals surface area (Å²) >= 11 is 1.37. The predicted molar refractivity (Wildman–Crippen MR) is 125 cm³/mol. The zero-order chi connectivity index (χ0) is 22.9. The van der Waals surface area contributed by atoms with Crippen LogP contribution in [0.25, 0.3) is 11.1 Å². The highest BCUT2D eigenvalue weighted by Crippen LogP contribution is 2.55. The SMILES string of the molecule is COc1cccc(F)c1-c1cc(C)ncc1C(=O)Nc1nnc([C@H]2C[C@@H]2c2ccccc2)s1. The van der Waals surface area contributed by atoms with Crippen molar-refractivity contribution in [3.05, 3.63) is 88.4 Å². The summed E-state index contributed by atoms with van der Waals surface area (Å²) < 4.78 is 20.1. The summed E-state index contributed by atoms with van der Waals surface area (Å²) in [5.74, 6) is 0.182. The summed E-state index contributed by atoms with van der Waals surface area (Å²) in [4.78, 5) is 17.4. The van der Waals surface area contributed by atoms with Crippen LogP contribution in [0.3, 0.4) is 0 Å². The van der Waals surface area contributed by atoms with E-state index in [4.69, 9.17) is 4.74 Å². The topological polar surface area (TPSA) is 77.0 Å². The molecule has 33 heavy (non-hydrogen) atoms. The van der Waals surface area contributed by atoms with E-state index in [1.807, 2.05) is 18.2 Å². The van der Waals surface area contributed by atoms with Gasteiger partial charge in [-0.25, -0.2) is 4.39 Å². The molecule has 1 amide bonds. The number of benzene rings is 2. The average Bonchev–Trinajstić information content (AvgIpc) is 3.50. The van der Waals surface area contributed by atoms with Gasteiger partial charge in [-0.3, -0.25) is 15.1 Å². The predicted octanol–water partition coefficient (Wildman–Crippen LogP) is 5.58. The van der Waals surface area contributed by atoms with Crippen LogP contribution in [0, 0.1) is 12.7 Å². The van der Waals surface area contributed by atoms with Crippen molar-refractivity contribution in [2.45, 2.75) is 25.2 Å². The van der Waals surface area contributed by atoms with Crippen LogP contribution in [-0.2, 0) is 0 Å². The van der Waals surface area contributed by atoms with Gasteiger partial charge in [0.2, 0.25) is 5.13 Å². The van der Waals surface area contributed by atoms with E-state index < -0.39 is 11.7 Å². The number of hydrogen-bond donors (Lipinski definition) is 1. The molecule has 0 aliphatic heterocycles. The maximum absolute atomic E-state index is 14.7. The highest BCUT2D eigenvalue weighted by atomic mass is 32.1. The van der Waals surface area contributed by atoms with E-state index in [2.05, 4.69) is 32.6 Å². The molecule has 0 unspecified atom stereocenters. The van der Waals surface area contributed by atoms with Crippen LogP contribution >= 0.6 is 11.3 Å². The number of aryl methyl sites for hydroxylation is 1. The zero-order valence-corrected chi connectivity index (χ0v) is 18.9. The number of carbonyl (C=O) groups is 1. The first-order chi connectivity index (χ1) is 16.0. The molecule has 1 aliphatic rings. The van der Waals surface area contributed by atoms with Crippen molar-refractivity contribution in [3.8, 4) is 16.9 Å². The first kappa shape index (κ1) is 21.2. The van der Waals surface area contributed by atoms with Crippen molar-refractivity contribution in [2.75, 3.05) is 12.4 Å². The van der Waals surface area contributed by atoms with Crippen LogP contribution in [0.4, 0.5) is 9.52 Å². The molecule has 2 atom stereocenters. The van der Waals surface area contributed by atoms with Gasteiger partial charge < -0.3 is 4.74 Å². The van der Waals surface area contributed by atoms with Crippen LogP contribution in [0.5, 0.6) is 5.75 Å². The fraction of sp³-hybridized carbons (Fsp3) is 0.200. The Morgan fingerprint density at radius 3 is 2.73 bits per heavy atom. The molecule has 6 nitrogen and oxygen atoms in total. The highest BCUT2D eigenvalue weighted by molar-refractivity contribution is 7.15. The van der Waals surface area contributed by atoms with Gasteiger partial charge in [-0.1, -0.05) is 47.7 Å². The molecule has 1 saturated carbocycles. The van der Waals surface area contributed by atoms with Crippen molar-refractivity contribution in [2.24, 2.45) is 0 Å². The maximum atomic E-state index is 14.7. The van der Waals surface area contributed by atoms with Crippen LogP contribution in [0.1, 0.15) is 44.9 Å². The largest absolute Gasteiger partial charge is 0.496 e. The number of anilines is 1. The molecule has 1 aliphatic carbocycles. The Bertz CT molecular complexity index is 1330. The van der Waals surface area contributed by atoms with Gasteiger partial charge in [0.1, 0.15) is 16.6 Å². The summed E-state index contributed by atoms with van der Waals surface area (Å²) in [6.45, 7) is 1.79. The van der Waals surface area contributed by atoms with E-state index in [-0.39, 0.29) is 11.1 Å². The van der Waals surface area contributed by atoms with Gasteiger partial charge in [0.05, 0.1) is 18.2 Å². The number of ether oxygens (including phenoxy) is 1. The monoisotopic (exact) mass is 460 g/mol. The summed E-state index contributed by atoms with van der Waals surface area (Å²) in [7, 11) is 1.47. The minimum Gasteiger partial charge on any atom is -0.496 e. The van der Waals surface area contributed by atoms with E-state index >= 15 is 0 Å². The van der Waals surface area contributed by atoms with Crippen LogP contribution in [0.15, 0.2) is 60.8 Å². The van der Waals surface area contributed by atoms with E-state index in [1.54, 1.807) is 25.1 Å². The standard InChI is InChI=1S/C25H21FN4O2S/c1-14-11-17(22-20(26)9-6-10-21(22)32-2)19(13-27-14)23(31)28-25-30-29-24(33-25)18-12-16(18)15-7-4-3-5-8-15/h3-11,13,16,18H,12H2,1-2H3,(H,28,30,31)/t16-,18+/m1/s1. The fourth-order valence-corrected chi connectivity index (χ4v) is 4.94. The second-order valence-electron chi connectivity index (χ2n) is 7.95. The second-order valence-corrected chi connectivity index (χ2v) is 8.96. The molecule has 4 aromatic rings. The molecule has 0 spiro atoms. The van der Waals surface area contributed by atoms with Gasteiger partial charge in [0, 0.05) is 23.4 Å². The van der Waals surface area contributed by atoms with E-state index in [1.165, 1.54) is 36.3 Å². The minimum atomic E-state index is -0.479. The summed E-state index contributed by atoms with van der Waals surface area (Å²) in [6.07, 6.45) is 2.46. The number of carbonyl (C=O) groups excluding carboxylic acids is 1. The summed E-state index contributed by atoms with van der Waals surface area (Å²) in [6, 6.07) is 16.6. The van der Waals surface area contributed by atoms with Crippen LogP contribution < -0.4 is 10.1 Å². The molecule has 0 radical (unpaired) electrons. The van der Waals surface area contributed by atoms with Crippen molar-refractivity contribution >= 4 is 22.4 Å². The molecule has 2 aromatic heterocycles. The number of methoxy groups -OCH3 is 1. The van der Waals surface area contributed by atoms with Crippen molar-refractivity contribution in [3.63, 3.8) is 0 Å². The molecule has 2 heterocycles. The van der Waals surface area contributed by atoms with E-state index in [0.717, 1.165) is 11.4 Å². The van der Waals surface area contributed by atoms with Crippen LogP contribution in [-0.4, -0.2) is 28.2 Å². The molecule has 0 saturated heterocycles. The first-order valence-corrected chi connectivity index (χ1v) is 11.4. The molecule has 0 bridgehead atoms. The number of pyridine rings is 1. The molecule has 166 valence electrons. The van der Waals surface area contributed by atoms with Crippen molar-refractivity contribution < 1.29 is 13.9 Å². The second kappa shape index (κ2) is 8.71. The Labute approximate surface area is 194 Å². The normalized spacial score (nSPS) is 16.9. The lowest BCUT2D eigenvalue weighted by atomic mass is 9.98. The molecule has 1 fully saturated rings. The molecular weight excluding hydrogens is 439 g/mol. The number of hydrogen-bond acceptors (Lipinski definition) is 6. The third-order valence-corrected chi connectivity index (χ3v) is 6.72. The molecule has 2 aromatic carbocycles. The van der Waals surface area contributed by atoms with Gasteiger partial charge in [-0.05, 0) is 43.0 Å². The molecule has 5 rings (SSSR count). The van der Waals surface area contributed by atoms with E-state index in [9.17, 15) is 9.18 Å². The number of nitrogens with zero attached hydrogens (tertiary/aromatic N) is 3. The van der Waals surface area contributed by atoms with Gasteiger partial charge in [-0.2, -0.15) is 0 Å². The minimum absolute atomic E-state index is 0.220. The number of aromatic nitrogens is 3. The molecule has 1 N–H and O–H groups in total. The highest BCUT2D eigenvalue weighted by Gasteiger charge is 2.42. The number of halogens is 1. The maximum Gasteiger partial charge on any atom is 0.259 e. The lowest BCUT2D eigenvalue weighted by Crippen LogP contribution is -2.14. The summed E-state index contributed by atoms with van der Waals surface area (Å²) in [5.41, 5.74) is 2.81. The Balaban J connectivity index is 1.39. The van der Waals surface area contributed by atoms with Gasteiger partial charge >= 0.3 is 0 Å². The Morgan fingerprint density at radius 2 is 1.94 bits per heavy atom. The van der Waals surface area contributed by atoms with Crippen molar-refractivity contribution in [1.82, 2.24) is 15.2 Å². The average molecular weight is 461 g/mol. The third kappa shape index (κ3) is 4.21. The number of nitrogens with one attached hydrogen (secondary N) is 1. The molecule has 8 heteroatoms. The van der Waals surface area contributed by atoms with Gasteiger partial charge in [0.15, 0.2) is 0 Å². The fourth-order valence-electron chi connectivity index (χ4n) is 4.02. The number of amides is 1. The Kier molecular flexibility index (Phi) is 5.60. The van der Waals surface area contributed by atoms with Crippen LogP contribution in [0.2, 0.25) is 0 Å². The Hall–Kier alpha value is -3.65. The third-order valence-electron chi connectivity index (χ3n) is 5.75. The Morgan fingerprint density at radius 1 is 1.12 bits per heavy atom. The van der Waals surface area contributed by atoms with E-state index in [0.29, 0.717) is 34.0 Å². The number of rotatable bonds is 6. The quantitative estimate of drug-likeness (QED) is 0.406.